The largest absolute Gasteiger partial charge is 0.463 e. The van der Waals surface area contributed by atoms with Gasteiger partial charge in [0.15, 0.2) is 0 Å². The highest BCUT2D eigenvalue weighted by atomic mass is 32.1. The van der Waals surface area contributed by atoms with Crippen molar-refractivity contribution in [3.63, 3.8) is 0 Å². The van der Waals surface area contributed by atoms with Gasteiger partial charge in [-0.25, -0.2) is 9.59 Å². The zero-order valence-corrected chi connectivity index (χ0v) is 16.2. The predicted octanol–water partition coefficient (Wildman–Crippen LogP) is 3.05. The maximum absolute atomic E-state index is 12.7. The molecule has 1 unspecified atom stereocenters. The fourth-order valence-corrected chi connectivity index (χ4v) is 3.87. The average Bonchev–Trinajstić information content (AvgIpc) is 3.16. The van der Waals surface area contributed by atoms with Crippen LogP contribution >= 0.6 is 11.3 Å². The van der Waals surface area contributed by atoms with E-state index >= 15 is 0 Å². The van der Waals surface area contributed by atoms with Crippen LogP contribution in [0.2, 0.25) is 0 Å². The number of hydrogen-bond acceptors (Lipinski definition) is 5. The zero-order chi connectivity index (χ0) is 19.2. The zero-order valence-electron chi connectivity index (χ0n) is 15.4. The van der Waals surface area contributed by atoms with Crippen LogP contribution in [0, 0.1) is 0 Å². The minimum absolute atomic E-state index is 0.278. The summed E-state index contributed by atoms with van der Waals surface area (Å²) in [4.78, 5) is 27.9. The Balaban J connectivity index is 1.89. The lowest BCUT2D eigenvalue weighted by atomic mass is 10.0. The molecule has 7 heteroatoms. The Morgan fingerprint density at radius 2 is 1.96 bits per heavy atom. The number of thiophene rings is 1. The summed E-state index contributed by atoms with van der Waals surface area (Å²) >= 11 is 1.50. The van der Waals surface area contributed by atoms with Crippen LogP contribution in [-0.2, 0) is 16.1 Å². The molecule has 0 aliphatic carbocycles. The van der Waals surface area contributed by atoms with Crippen LogP contribution in [-0.4, -0.2) is 37.1 Å². The Bertz CT molecular complexity index is 818. The lowest BCUT2D eigenvalue weighted by Gasteiger charge is -2.30. The second kappa shape index (κ2) is 8.83. The molecule has 27 heavy (non-hydrogen) atoms. The number of nitrogens with one attached hydrogen (secondary N) is 2. The molecular weight excluding hydrogens is 362 g/mol. The van der Waals surface area contributed by atoms with E-state index in [0.29, 0.717) is 24.4 Å². The summed E-state index contributed by atoms with van der Waals surface area (Å²) in [6.45, 7) is 3.18. The maximum Gasteiger partial charge on any atom is 0.338 e. The van der Waals surface area contributed by atoms with E-state index in [-0.39, 0.29) is 12.6 Å². The van der Waals surface area contributed by atoms with Crippen molar-refractivity contribution in [1.82, 2.24) is 15.5 Å². The van der Waals surface area contributed by atoms with Gasteiger partial charge in [0.25, 0.3) is 0 Å². The van der Waals surface area contributed by atoms with Crippen LogP contribution in [0.15, 0.2) is 59.1 Å². The van der Waals surface area contributed by atoms with Crippen molar-refractivity contribution in [1.29, 1.82) is 0 Å². The first-order valence-electron chi connectivity index (χ1n) is 8.82. The van der Waals surface area contributed by atoms with Gasteiger partial charge in [-0.2, -0.15) is 0 Å². The Morgan fingerprint density at radius 1 is 1.19 bits per heavy atom. The Kier molecular flexibility index (Phi) is 6.26. The number of amides is 2. The van der Waals surface area contributed by atoms with Crippen molar-refractivity contribution in [2.45, 2.75) is 19.5 Å². The van der Waals surface area contributed by atoms with Crippen LogP contribution in [0.1, 0.15) is 23.4 Å². The van der Waals surface area contributed by atoms with Gasteiger partial charge in [0.2, 0.25) is 0 Å². The molecular formula is C20H23N3O3S. The van der Waals surface area contributed by atoms with Crippen molar-refractivity contribution >= 4 is 23.3 Å². The molecule has 1 aliphatic heterocycles. The molecule has 2 amide bonds. The van der Waals surface area contributed by atoms with Gasteiger partial charge in [0.1, 0.15) is 0 Å². The number of rotatable bonds is 7. The Morgan fingerprint density at radius 3 is 2.63 bits per heavy atom. The third kappa shape index (κ3) is 4.75. The number of ether oxygens (including phenoxy) is 1. The second-order valence-electron chi connectivity index (χ2n) is 6.32. The Labute approximate surface area is 162 Å². The summed E-state index contributed by atoms with van der Waals surface area (Å²) < 4.78 is 5.27. The van der Waals surface area contributed by atoms with E-state index in [9.17, 15) is 9.59 Å². The molecule has 0 radical (unpaired) electrons. The van der Waals surface area contributed by atoms with Gasteiger partial charge >= 0.3 is 12.0 Å². The topological polar surface area (TPSA) is 70.7 Å². The standard InChI is InChI=1S/C20H23N3O3S/c1-3-26-19(24)17-15(13-23(2)12-14-8-5-4-6-9-14)21-20(25)22-18(17)16-10-7-11-27-16/h4-11,18H,3,12-13H2,1-2H3,(H2,21,22,25). The SMILES string of the molecule is CCOC(=O)C1=C(CN(C)Cc2ccccc2)NC(=O)NC1c1cccs1. The highest BCUT2D eigenvalue weighted by Gasteiger charge is 2.34. The molecule has 1 atom stereocenters. The molecule has 0 saturated carbocycles. The monoisotopic (exact) mass is 385 g/mol. The minimum atomic E-state index is -0.502. The van der Waals surface area contributed by atoms with E-state index in [1.165, 1.54) is 11.3 Å². The number of benzene rings is 1. The number of carbonyl (C=O) groups is 2. The summed E-state index contributed by atoms with van der Waals surface area (Å²) in [5.74, 6) is -0.411. The molecule has 0 bridgehead atoms. The first-order valence-corrected chi connectivity index (χ1v) is 9.70. The molecule has 142 valence electrons. The fraction of sp³-hybridized carbons (Fsp3) is 0.300. The highest BCUT2D eigenvalue weighted by Crippen LogP contribution is 2.30. The molecule has 0 saturated heterocycles. The number of likely N-dealkylation sites (N-methyl/N-ethyl adjacent to an activating group) is 1. The van der Waals surface area contributed by atoms with Gasteiger partial charge in [-0.05, 0) is 31.0 Å². The van der Waals surface area contributed by atoms with Gasteiger partial charge in [0, 0.05) is 23.7 Å². The van der Waals surface area contributed by atoms with Gasteiger partial charge in [-0.3, -0.25) is 4.90 Å². The first-order chi connectivity index (χ1) is 13.1. The number of nitrogens with zero attached hydrogens (tertiary/aromatic N) is 1. The van der Waals surface area contributed by atoms with E-state index in [1.54, 1.807) is 6.92 Å². The van der Waals surface area contributed by atoms with Crippen molar-refractivity contribution in [3.05, 3.63) is 69.6 Å². The molecule has 2 N–H and O–H groups in total. The molecule has 1 aromatic heterocycles. The van der Waals surface area contributed by atoms with Gasteiger partial charge in [-0.1, -0.05) is 36.4 Å². The highest BCUT2D eigenvalue weighted by molar-refractivity contribution is 7.10. The normalized spacial score (nSPS) is 16.9. The molecule has 6 nitrogen and oxygen atoms in total. The summed E-state index contributed by atoms with van der Waals surface area (Å²) in [5, 5.41) is 7.57. The quantitative estimate of drug-likeness (QED) is 0.719. The van der Waals surface area contributed by atoms with E-state index < -0.39 is 12.0 Å². The number of hydrogen-bond donors (Lipinski definition) is 2. The van der Waals surface area contributed by atoms with Crippen molar-refractivity contribution in [2.75, 3.05) is 20.2 Å². The predicted molar refractivity (Wildman–Crippen MR) is 105 cm³/mol. The van der Waals surface area contributed by atoms with Crippen molar-refractivity contribution in [2.24, 2.45) is 0 Å². The molecule has 1 aromatic carbocycles. The lowest BCUT2D eigenvalue weighted by Crippen LogP contribution is -2.48. The van der Waals surface area contributed by atoms with Crippen molar-refractivity contribution < 1.29 is 14.3 Å². The molecule has 2 heterocycles. The van der Waals surface area contributed by atoms with Gasteiger partial charge in [0.05, 0.1) is 18.2 Å². The van der Waals surface area contributed by atoms with Gasteiger partial charge < -0.3 is 15.4 Å². The molecule has 1 aliphatic rings. The van der Waals surface area contributed by atoms with E-state index in [4.69, 9.17) is 4.74 Å². The van der Waals surface area contributed by atoms with Crippen LogP contribution in [0.5, 0.6) is 0 Å². The van der Waals surface area contributed by atoms with Crippen LogP contribution in [0.3, 0.4) is 0 Å². The fourth-order valence-electron chi connectivity index (χ4n) is 3.08. The molecule has 0 spiro atoms. The van der Waals surface area contributed by atoms with Gasteiger partial charge in [-0.15, -0.1) is 11.3 Å². The molecule has 2 aromatic rings. The van der Waals surface area contributed by atoms with E-state index in [2.05, 4.69) is 15.5 Å². The van der Waals surface area contributed by atoms with E-state index in [0.717, 1.165) is 10.4 Å². The summed E-state index contributed by atoms with van der Waals surface area (Å²) in [7, 11) is 1.96. The second-order valence-corrected chi connectivity index (χ2v) is 7.30. The molecule has 3 rings (SSSR count). The van der Waals surface area contributed by atoms with Crippen LogP contribution in [0.25, 0.3) is 0 Å². The summed E-state index contributed by atoms with van der Waals surface area (Å²) in [6.07, 6.45) is 0. The third-order valence-corrected chi connectivity index (χ3v) is 5.14. The first kappa shape index (κ1) is 19.1. The van der Waals surface area contributed by atoms with Crippen LogP contribution < -0.4 is 10.6 Å². The number of esters is 1. The number of urea groups is 1. The Hall–Kier alpha value is -2.64. The maximum atomic E-state index is 12.7. The third-order valence-electron chi connectivity index (χ3n) is 4.20. The van der Waals surface area contributed by atoms with Crippen LogP contribution in [0.4, 0.5) is 4.79 Å². The summed E-state index contributed by atoms with van der Waals surface area (Å²) in [6, 6.07) is 13.0. The minimum Gasteiger partial charge on any atom is -0.463 e. The number of carbonyl (C=O) groups excluding carboxylic acids is 2. The lowest BCUT2D eigenvalue weighted by molar-refractivity contribution is -0.139. The average molecular weight is 385 g/mol. The van der Waals surface area contributed by atoms with Crippen molar-refractivity contribution in [3.8, 4) is 0 Å². The van der Waals surface area contributed by atoms with E-state index in [1.807, 2.05) is 54.9 Å². The smallest absolute Gasteiger partial charge is 0.338 e. The summed E-state index contributed by atoms with van der Waals surface area (Å²) in [5.41, 5.74) is 2.20. The molecule has 0 fully saturated rings.